The van der Waals surface area contributed by atoms with Crippen LogP contribution in [-0.2, 0) is 0 Å². The van der Waals surface area contributed by atoms with Crippen LogP contribution in [0, 0.1) is 13.8 Å². The van der Waals surface area contributed by atoms with E-state index in [-0.39, 0.29) is 0 Å². The van der Waals surface area contributed by atoms with E-state index in [1.807, 2.05) is 92.8 Å². The zero-order chi connectivity index (χ0) is 19.9. The van der Waals surface area contributed by atoms with Crippen molar-refractivity contribution in [3.8, 4) is 23.0 Å². The quantitative estimate of drug-likeness (QED) is 0.350. The first kappa shape index (κ1) is 19.5. The SMILES string of the molecule is CCN(C)C=Nc1cc(C)c(Oc2cccc(Oc3ccccc3)c2)cc1C. The van der Waals surface area contributed by atoms with Crippen molar-refractivity contribution >= 4 is 12.0 Å². The Labute approximate surface area is 167 Å². The Morgan fingerprint density at radius 3 is 2.21 bits per heavy atom. The Morgan fingerprint density at radius 1 is 0.821 bits per heavy atom. The van der Waals surface area contributed by atoms with Gasteiger partial charge in [0, 0.05) is 19.7 Å². The summed E-state index contributed by atoms with van der Waals surface area (Å²) in [6, 6.07) is 21.5. The lowest BCUT2D eigenvalue weighted by molar-refractivity contribution is 0.458. The van der Waals surface area contributed by atoms with Crippen molar-refractivity contribution in [3.63, 3.8) is 0 Å². The predicted molar refractivity (Wildman–Crippen MR) is 115 cm³/mol. The molecule has 0 aromatic heterocycles. The average molecular weight is 374 g/mol. The van der Waals surface area contributed by atoms with Crippen molar-refractivity contribution in [3.05, 3.63) is 77.9 Å². The van der Waals surface area contributed by atoms with Gasteiger partial charge in [0.1, 0.15) is 23.0 Å². The maximum Gasteiger partial charge on any atom is 0.131 e. The highest BCUT2D eigenvalue weighted by molar-refractivity contribution is 5.64. The van der Waals surface area contributed by atoms with Gasteiger partial charge in [-0.25, -0.2) is 4.99 Å². The number of ether oxygens (including phenoxy) is 2. The van der Waals surface area contributed by atoms with Gasteiger partial charge in [-0.05, 0) is 68.3 Å². The summed E-state index contributed by atoms with van der Waals surface area (Å²) in [6.07, 6.45) is 1.85. The molecule has 0 bridgehead atoms. The van der Waals surface area contributed by atoms with Crippen LogP contribution in [0.25, 0.3) is 0 Å². The first-order valence-electron chi connectivity index (χ1n) is 9.41. The summed E-state index contributed by atoms with van der Waals surface area (Å²) in [7, 11) is 2.01. The molecule has 3 rings (SSSR count). The van der Waals surface area contributed by atoms with Gasteiger partial charge in [0.15, 0.2) is 0 Å². The lowest BCUT2D eigenvalue weighted by Gasteiger charge is -2.13. The molecule has 0 N–H and O–H groups in total. The lowest BCUT2D eigenvalue weighted by Crippen LogP contribution is -2.14. The molecule has 3 aromatic carbocycles. The van der Waals surface area contributed by atoms with Crippen LogP contribution in [0.4, 0.5) is 5.69 Å². The highest BCUT2D eigenvalue weighted by Gasteiger charge is 2.07. The van der Waals surface area contributed by atoms with Crippen molar-refractivity contribution < 1.29 is 9.47 Å². The van der Waals surface area contributed by atoms with Gasteiger partial charge >= 0.3 is 0 Å². The van der Waals surface area contributed by atoms with Crippen LogP contribution in [0.15, 0.2) is 71.7 Å². The molecule has 144 valence electrons. The Hall–Kier alpha value is -3.27. The second-order valence-corrected chi connectivity index (χ2v) is 6.71. The Kier molecular flexibility index (Phi) is 6.33. The average Bonchev–Trinajstić information content (AvgIpc) is 2.70. The van der Waals surface area contributed by atoms with Crippen LogP contribution in [0.5, 0.6) is 23.0 Å². The van der Waals surface area contributed by atoms with E-state index >= 15 is 0 Å². The topological polar surface area (TPSA) is 34.1 Å². The molecule has 0 amide bonds. The largest absolute Gasteiger partial charge is 0.457 e. The Bertz CT molecular complexity index is 952. The van der Waals surface area contributed by atoms with E-state index < -0.39 is 0 Å². The minimum atomic E-state index is 0.734. The molecule has 3 aromatic rings. The second-order valence-electron chi connectivity index (χ2n) is 6.71. The maximum atomic E-state index is 6.13. The molecular formula is C24H26N2O2. The van der Waals surface area contributed by atoms with Crippen molar-refractivity contribution in [1.29, 1.82) is 0 Å². The smallest absolute Gasteiger partial charge is 0.131 e. The van der Waals surface area contributed by atoms with Gasteiger partial charge in [0.05, 0.1) is 12.0 Å². The van der Waals surface area contributed by atoms with E-state index in [0.29, 0.717) is 0 Å². The number of rotatable bonds is 7. The Balaban J connectivity index is 1.77. The lowest BCUT2D eigenvalue weighted by atomic mass is 10.1. The molecule has 0 radical (unpaired) electrons. The fraction of sp³-hybridized carbons (Fsp3) is 0.208. The molecule has 4 heteroatoms. The van der Waals surface area contributed by atoms with Gasteiger partial charge in [-0.1, -0.05) is 24.3 Å². The van der Waals surface area contributed by atoms with E-state index in [9.17, 15) is 0 Å². The second kappa shape index (κ2) is 9.09. The number of nitrogens with zero attached hydrogens (tertiary/aromatic N) is 2. The zero-order valence-electron chi connectivity index (χ0n) is 16.8. The first-order valence-corrected chi connectivity index (χ1v) is 9.41. The monoisotopic (exact) mass is 374 g/mol. The molecular weight excluding hydrogens is 348 g/mol. The van der Waals surface area contributed by atoms with Gasteiger partial charge in [-0.2, -0.15) is 0 Å². The molecule has 0 aliphatic carbocycles. The number of benzene rings is 3. The summed E-state index contributed by atoms with van der Waals surface area (Å²) in [6.45, 7) is 7.09. The van der Waals surface area contributed by atoms with Gasteiger partial charge in [-0.15, -0.1) is 0 Å². The summed E-state index contributed by atoms with van der Waals surface area (Å²) in [5.41, 5.74) is 3.05. The van der Waals surface area contributed by atoms with Crippen molar-refractivity contribution in [2.75, 3.05) is 13.6 Å². The zero-order valence-corrected chi connectivity index (χ0v) is 16.8. The molecule has 0 atom stereocenters. The molecule has 0 aliphatic rings. The van der Waals surface area contributed by atoms with E-state index in [2.05, 4.69) is 18.0 Å². The van der Waals surface area contributed by atoms with Gasteiger partial charge in [0.25, 0.3) is 0 Å². The number of aryl methyl sites for hydroxylation is 2. The summed E-state index contributed by atoms with van der Waals surface area (Å²) in [5.74, 6) is 3.09. The highest BCUT2D eigenvalue weighted by atomic mass is 16.5. The van der Waals surface area contributed by atoms with Crippen molar-refractivity contribution in [1.82, 2.24) is 4.90 Å². The molecule has 0 aliphatic heterocycles. The Morgan fingerprint density at radius 2 is 1.50 bits per heavy atom. The van der Waals surface area contributed by atoms with Crippen LogP contribution < -0.4 is 9.47 Å². The van der Waals surface area contributed by atoms with E-state index in [1.165, 1.54) is 0 Å². The number of hydrogen-bond donors (Lipinski definition) is 0. The van der Waals surface area contributed by atoms with E-state index in [1.54, 1.807) is 0 Å². The molecule has 0 saturated heterocycles. The van der Waals surface area contributed by atoms with E-state index in [0.717, 1.165) is 46.4 Å². The van der Waals surface area contributed by atoms with Crippen molar-refractivity contribution in [2.45, 2.75) is 20.8 Å². The normalized spacial score (nSPS) is 10.9. The molecule has 0 unspecified atom stereocenters. The van der Waals surface area contributed by atoms with Crippen molar-refractivity contribution in [2.24, 2.45) is 4.99 Å². The van der Waals surface area contributed by atoms with Crippen LogP contribution in [0.2, 0.25) is 0 Å². The standard InChI is InChI=1S/C24H26N2O2/c1-5-26(4)17-25-23-14-19(3)24(15-18(23)2)28-22-13-9-12-21(16-22)27-20-10-7-6-8-11-20/h6-17H,5H2,1-4H3. The molecule has 4 nitrogen and oxygen atoms in total. The van der Waals surface area contributed by atoms with Crippen LogP contribution in [0.3, 0.4) is 0 Å². The minimum absolute atomic E-state index is 0.734. The third-order valence-corrected chi connectivity index (χ3v) is 4.40. The fourth-order valence-corrected chi connectivity index (χ4v) is 2.62. The summed E-state index contributed by atoms with van der Waals surface area (Å²) in [4.78, 5) is 6.61. The molecule has 0 spiro atoms. The first-order chi connectivity index (χ1) is 13.5. The van der Waals surface area contributed by atoms with Crippen LogP contribution in [-0.4, -0.2) is 24.8 Å². The summed E-state index contributed by atoms with van der Waals surface area (Å²) >= 11 is 0. The number of para-hydroxylation sites is 1. The number of aliphatic imine (C=N–C) groups is 1. The summed E-state index contributed by atoms with van der Waals surface area (Å²) in [5, 5.41) is 0. The predicted octanol–water partition coefficient (Wildman–Crippen LogP) is 6.50. The van der Waals surface area contributed by atoms with Crippen LogP contribution in [0.1, 0.15) is 18.1 Å². The highest BCUT2D eigenvalue weighted by Crippen LogP contribution is 2.33. The molecule has 0 heterocycles. The maximum absolute atomic E-state index is 6.13. The third-order valence-electron chi connectivity index (χ3n) is 4.40. The molecule has 0 saturated carbocycles. The molecule has 28 heavy (non-hydrogen) atoms. The number of hydrogen-bond acceptors (Lipinski definition) is 3. The fourth-order valence-electron chi connectivity index (χ4n) is 2.62. The van der Waals surface area contributed by atoms with Gasteiger partial charge in [0.2, 0.25) is 0 Å². The summed E-state index contributed by atoms with van der Waals surface area (Å²) < 4.78 is 12.0. The van der Waals surface area contributed by atoms with E-state index in [4.69, 9.17) is 9.47 Å². The molecule has 0 fully saturated rings. The third kappa shape index (κ3) is 5.13. The van der Waals surface area contributed by atoms with Gasteiger partial charge in [-0.3, -0.25) is 0 Å². The van der Waals surface area contributed by atoms with Crippen LogP contribution >= 0.6 is 0 Å². The minimum Gasteiger partial charge on any atom is -0.457 e. The van der Waals surface area contributed by atoms with Gasteiger partial charge < -0.3 is 14.4 Å².